The fraction of sp³-hybridized carbons (Fsp3) is 0.133. The van der Waals surface area contributed by atoms with Crippen LogP contribution in [0.2, 0.25) is 0 Å². The van der Waals surface area contributed by atoms with E-state index in [2.05, 4.69) is 9.71 Å². The van der Waals surface area contributed by atoms with Gasteiger partial charge >= 0.3 is 0 Å². The summed E-state index contributed by atoms with van der Waals surface area (Å²) in [6.45, 7) is 0. The summed E-state index contributed by atoms with van der Waals surface area (Å²) < 4.78 is 27.8. The lowest BCUT2D eigenvalue weighted by Crippen LogP contribution is -2.14. The smallest absolute Gasteiger partial charge is 0.264 e. The van der Waals surface area contributed by atoms with Crippen LogP contribution in [0.15, 0.2) is 52.9 Å². The fourth-order valence-corrected chi connectivity index (χ4v) is 4.34. The molecule has 3 aromatic rings. The molecule has 0 aliphatic heterocycles. The molecule has 0 spiro atoms. The van der Waals surface area contributed by atoms with Gasteiger partial charge in [-0.2, -0.15) is 0 Å². The molecule has 5 nitrogen and oxygen atoms in total. The quantitative estimate of drug-likeness (QED) is 0.796. The van der Waals surface area contributed by atoms with Gasteiger partial charge in [-0.05, 0) is 12.1 Å². The van der Waals surface area contributed by atoms with E-state index in [4.69, 9.17) is 0 Å². The van der Waals surface area contributed by atoms with E-state index < -0.39 is 10.0 Å². The average Bonchev–Trinajstić information content (AvgIpc) is 2.98. The van der Waals surface area contributed by atoms with Crippen LogP contribution < -0.4 is 9.62 Å². The molecule has 0 aliphatic carbocycles. The van der Waals surface area contributed by atoms with Crippen molar-refractivity contribution in [3.05, 3.63) is 48.0 Å². The third-order valence-electron chi connectivity index (χ3n) is 3.28. The number of benzene rings is 2. The molecule has 0 saturated heterocycles. The SMILES string of the molecule is CN(C)c1cccc2c(S(=O)(=O)Nc3nccs3)cccc12. The minimum Gasteiger partial charge on any atom is -0.377 e. The Balaban J connectivity index is 2.17. The van der Waals surface area contributed by atoms with Gasteiger partial charge in [0.05, 0.1) is 4.90 Å². The summed E-state index contributed by atoms with van der Waals surface area (Å²) in [5.74, 6) is 0. The Labute approximate surface area is 133 Å². The predicted octanol–water partition coefficient (Wildman–Crippen LogP) is 3.16. The van der Waals surface area contributed by atoms with Crippen molar-refractivity contribution >= 4 is 43.0 Å². The number of thiazole rings is 1. The summed E-state index contributed by atoms with van der Waals surface area (Å²) in [5, 5.41) is 3.68. The molecule has 0 bridgehead atoms. The average molecular weight is 333 g/mol. The largest absolute Gasteiger partial charge is 0.377 e. The van der Waals surface area contributed by atoms with Gasteiger partial charge in [0.1, 0.15) is 0 Å². The van der Waals surface area contributed by atoms with Gasteiger partial charge in [0.2, 0.25) is 0 Å². The molecule has 0 fully saturated rings. The van der Waals surface area contributed by atoms with Gasteiger partial charge in [0, 0.05) is 42.1 Å². The first-order chi connectivity index (χ1) is 10.5. The summed E-state index contributed by atoms with van der Waals surface area (Å²) in [5.41, 5.74) is 0.976. The zero-order chi connectivity index (χ0) is 15.7. The van der Waals surface area contributed by atoms with Crippen molar-refractivity contribution in [2.24, 2.45) is 0 Å². The minimum absolute atomic E-state index is 0.254. The Bertz CT molecular complexity index is 904. The fourth-order valence-electron chi connectivity index (χ4n) is 2.33. The molecule has 0 saturated carbocycles. The lowest BCUT2D eigenvalue weighted by molar-refractivity contribution is 0.602. The van der Waals surface area contributed by atoms with Crippen molar-refractivity contribution in [1.82, 2.24) is 4.98 Å². The van der Waals surface area contributed by atoms with E-state index in [0.717, 1.165) is 11.1 Å². The highest BCUT2D eigenvalue weighted by Crippen LogP contribution is 2.31. The first kappa shape index (κ1) is 14.8. The number of hydrogen-bond acceptors (Lipinski definition) is 5. The van der Waals surface area contributed by atoms with E-state index in [1.165, 1.54) is 11.3 Å². The highest BCUT2D eigenvalue weighted by atomic mass is 32.2. The monoisotopic (exact) mass is 333 g/mol. The maximum absolute atomic E-state index is 12.6. The molecule has 0 unspecified atom stereocenters. The van der Waals surface area contributed by atoms with Crippen molar-refractivity contribution in [2.45, 2.75) is 4.90 Å². The number of anilines is 2. The maximum atomic E-state index is 12.6. The van der Waals surface area contributed by atoms with E-state index in [9.17, 15) is 8.42 Å². The van der Waals surface area contributed by atoms with Crippen molar-refractivity contribution in [3.63, 3.8) is 0 Å². The van der Waals surface area contributed by atoms with Crippen LogP contribution in [-0.2, 0) is 10.0 Å². The van der Waals surface area contributed by atoms with Gasteiger partial charge in [-0.15, -0.1) is 11.3 Å². The van der Waals surface area contributed by atoms with E-state index >= 15 is 0 Å². The number of nitrogens with zero attached hydrogens (tertiary/aromatic N) is 2. The van der Waals surface area contributed by atoms with Crippen LogP contribution in [0.5, 0.6) is 0 Å². The standard InChI is InChI=1S/C15H15N3O2S2/c1-18(2)13-7-3-6-12-11(13)5-4-8-14(12)22(19,20)17-15-16-9-10-21-15/h3-10H,1-2H3,(H,16,17). The van der Waals surface area contributed by atoms with E-state index in [0.29, 0.717) is 10.5 Å². The molecule has 0 radical (unpaired) electrons. The molecule has 3 rings (SSSR count). The van der Waals surface area contributed by atoms with Crippen molar-refractivity contribution in [1.29, 1.82) is 0 Å². The second-order valence-electron chi connectivity index (χ2n) is 4.97. The van der Waals surface area contributed by atoms with Crippen molar-refractivity contribution < 1.29 is 8.42 Å². The van der Waals surface area contributed by atoms with Crippen LogP contribution in [0.3, 0.4) is 0 Å². The molecule has 0 aliphatic rings. The Morgan fingerprint density at radius 3 is 2.50 bits per heavy atom. The molecule has 1 heterocycles. The first-order valence-electron chi connectivity index (χ1n) is 6.60. The van der Waals surface area contributed by atoms with Gasteiger partial charge < -0.3 is 4.90 Å². The van der Waals surface area contributed by atoms with Crippen LogP contribution in [0.25, 0.3) is 10.8 Å². The Morgan fingerprint density at radius 1 is 1.09 bits per heavy atom. The second kappa shape index (κ2) is 5.58. The molecule has 22 heavy (non-hydrogen) atoms. The van der Waals surface area contributed by atoms with Gasteiger partial charge in [0.25, 0.3) is 10.0 Å². The third-order valence-corrected chi connectivity index (χ3v) is 5.50. The van der Waals surface area contributed by atoms with E-state index in [1.807, 2.05) is 43.3 Å². The van der Waals surface area contributed by atoms with Crippen molar-refractivity contribution in [3.8, 4) is 0 Å². The van der Waals surface area contributed by atoms with Crippen LogP contribution >= 0.6 is 11.3 Å². The highest BCUT2D eigenvalue weighted by Gasteiger charge is 2.19. The zero-order valence-corrected chi connectivity index (χ0v) is 13.8. The zero-order valence-electron chi connectivity index (χ0n) is 12.1. The number of nitrogens with one attached hydrogen (secondary N) is 1. The van der Waals surface area contributed by atoms with Crippen LogP contribution in [0, 0.1) is 0 Å². The lowest BCUT2D eigenvalue weighted by atomic mass is 10.1. The molecule has 1 aromatic heterocycles. The van der Waals surface area contributed by atoms with E-state index in [1.54, 1.807) is 23.7 Å². The Hall–Kier alpha value is -2.12. The minimum atomic E-state index is -3.67. The summed E-state index contributed by atoms with van der Waals surface area (Å²) in [7, 11) is 0.196. The molecule has 7 heteroatoms. The van der Waals surface area contributed by atoms with Crippen LogP contribution in [0.1, 0.15) is 0 Å². The molecule has 2 aromatic carbocycles. The Kier molecular flexibility index (Phi) is 3.76. The first-order valence-corrected chi connectivity index (χ1v) is 8.97. The molecule has 0 atom stereocenters. The predicted molar refractivity (Wildman–Crippen MR) is 91.2 cm³/mol. The topological polar surface area (TPSA) is 62.3 Å². The normalized spacial score (nSPS) is 11.5. The van der Waals surface area contributed by atoms with Crippen LogP contribution in [-0.4, -0.2) is 27.5 Å². The van der Waals surface area contributed by atoms with Gasteiger partial charge in [0.15, 0.2) is 5.13 Å². The third kappa shape index (κ3) is 2.65. The Morgan fingerprint density at radius 2 is 1.82 bits per heavy atom. The van der Waals surface area contributed by atoms with Gasteiger partial charge in [-0.25, -0.2) is 13.4 Å². The number of hydrogen-bond donors (Lipinski definition) is 1. The lowest BCUT2D eigenvalue weighted by Gasteiger charge is -2.17. The maximum Gasteiger partial charge on any atom is 0.264 e. The number of fused-ring (bicyclic) bond motifs is 1. The summed E-state index contributed by atoms with van der Waals surface area (Å²) >= 11 is 1.25. The van der Waals surface area contributed by atoms with E-state index in [-0.39, 0.29) is 4.90 Å². The summed E-state index contributed by atoms with van der Waals surface area (Å²) in [6.07, 6.45) is 1.57. The second-order valence-corrected chi connectivity index (χ2v) is 7.51. The van der Waals surface area contributed by atoms with Crippen LogP contribution in [0.4, 0.5) is 10.8 Å². The molecular formula is C15H15N3O2S2. The summed E-state index contributed by atoms with van der Waals surface area (Å²) in [6, 6.07) is 10.9. The summed E-state index contributed by atoms with van der Waals surface area (Å²) in [4.78, 5) is 6.19. The van der Waals surface area contributed by atoms with Gasteiger partial charge in [-0.3, -0.25) is 4.72 Å². The number of sulfonamides is 1. The molecule has 1 N–H and O–H groups in total. The van der Waals surface area contributed by atoms with Gasteiger partial charge in [-0.1, -0.05) is 24.3 Å². The number of aromatic nitrogens is 1. The molecule has 0 amide bonds. The van der Waals surface area contributed by atoms with Crippen molar-refractivity contribution in [2.75, 3.05) is 23.7 Å². The molecule has 114 valence electrons. The molecular weight excluding hydrogens is 318 g/mol. The number of rotatable bonds is 4. The highest BCUT2D eigenvalue weighted by molar-refractivity contribution is 7.93.